The quantitative estimate of drug-likeness (QED) is 0.800. The van der Waals surface area contributed by atoms with E-state index in [1.807, 2.05) is 25.1 Å². The van der Waals surface area contributed by atoms with Gasteiger partial charge in [-0.15, -0.1) is 0 Å². The summed E-state index contributed by atoms with van der Waals surface area (Å²) in [4.78, 5) is 14.1. The fourth-order valence-corrected chi connectivity index (χ4v) is 2.55. The molecule has 0 spiro atoms. The molecule has 0 radical (unpaired) electrons. The Hall–Kier alpha value is -1.34. The third-order valence-electron chi connectivity index (χ3n) is 3.31. The van der Waals surface area contributed by atoms with Gasteiger partial charge in [-0.3, -0.25) is 4.79 Å². The maximum absolute atomic E-state index is 12.3. The van der Waals surface area contributed by atoms with Crippen molar-refractivity contribution in [2.75, 3.05) is 13.1 Å². The lowest BCUT2D eigenvalue weighted by Crippen LogP contribution is -2.39. The monoisotopic (exact) mass is 306 g/mol. The number of carbonyl (C=O) groups excluding carboxylic acids is 1. The van der Waals surface area contributed by atoms with Crippen LogP contribution in [0.2, 0.25) is 0 Å². The predicted octanol–water partition coefficient (Wildman–Crippen LogP) is 3.13. The number of amides is 1. The number of aryl methyl sites for hydroxylation is 1. The second kappa shape index (κ2) is 5.53. The maximum Gasteiger partial charge on any atom is 0.253 e. The van der Waals surface area contributed by atoms with Crippen LogP contribution in [0.15, 0.2) is 22.7 Å². The van der Waals surface area contributed by atoms with Crippen molar-refractivity contribution in [1.82, 2.24) is 4.90 Å². The Morgan fingerprint density at radius 2 is 2.33 bits per heavy atom. The van der Waals surface area contributed by atoms with Crippen LogP contribution in [0.1, 0.15) is 28.8 Å². The summed E-state index contributed by atoms with van der Waals surface area (Å²) < 4.78 is 0.946. The van der Waals surface area contributed by atoms with Gasteiger partial charge in [0.2, 0.25) is 0 Å². The Morgan fingerprint density at radius 3 is 3.00 bits per heavy atom. The van der Waals surface area contributed by atoms with Gasteiger partial charge in [-0.1, -0.05) is 22.0 Å². The number of hydrogen-bond donors (Lipinski definition) is 0. The van der Waals surface area contributed by atoms with E-state index in [-0.39, 0.29) is 11.8 Å². The number of rotatable bonds is 1. The summed E-state index contributed by atoms with van der Waals surface area (Å²) in [6.07, 6.45) is 1.81. The Morgan fingerprint density at radius 1 is 1.56 bits per heavy atom. The zero-order chi connectivity index (χ0) is 13.1. The summed E-state index contributed by atoms with van der Waals surface area (Å²) in [6, 6.07) is 7.89. The van der Waals surface area contributed by atoms with Crippen LogP contribution in [-0.2, 0) is 0 Å². The van der Waals surface area contributed by atoms with Gasteiger partial charge in [0.1, 0.15) is 0 Å². The van der Waals surface area contributed by atoms with Crippen LogP contribution in [0.4, 0.5) is 0 Å². The minimum atomic E-state index is -0.0170. The van der Waals surface area contributed by atoms with Gasteiger partial charge in [0, 0.05) is 23.1 Å². The SMILES string of the molecule is Cc1ccc(C(=O)N2CCCC(C#N)C2)cc1Br. The molecule has 0 saturated carbocycles. The molecule has 3 nitrogen and oxygen atoms in total. The Kier molecular flexibility index (Phi) is 4.03. The van der Waals surface area contributed by atoms with Crippen LogP contribution >= 0.6 is 15.9 Å². The molecule has 1 aromatic carbocycles. The highest BCUT2D eigenvalue weighted by Gasteiger charge is 2.24. The van der Waals surface area contributed by atoms with E-state index in [4.69, 9.17) is 5.26 Å². The first-order valence-corrected chi connectivity index (χ1v) is 6.86. The van der Waals surface area contributed by atoms with Gasteiger partial charge in [0.05, 0.1) is 12.0 Å². The molecule has 18 heavy (non-hydrogen) atoms. The van der Waals surface area contributed by atoms with Crippen molar-refractivity contribution in [2.24, 2.45) is 5.92 Å². The fourth-order valence-electron chi connectivity index (χ4n) is 2.18. The molecule has 0 bridgehead atoms. The molecule has 1 aliphatic heterocycles. The average Bonchev–Trinajstić information content (AvgIpc) is 2.41. The number of nitriles is 1. The molecule has 0 N–H and O–H groups in total. The lowest BCUT2D eigenvalue weighted by Gasteiger charge is -2.29. The van der Waals surface area contributed by atoms with Gasteiger partial charge in [-0.05, 0) is 37.5 Å². The van der Waals surface area contributed by atoms with Gasteiger partial charge in [-0.25, -0.2) is 0 Å². The molecule has 2 rings (SSSR count). The molecule has 1 heterocycles. The van der Waals surface area contributed by atoms with Gasteiger partial charge in [0.15, 0.2) is 0 Å². The topological polar surface area (TPSA) is 44.1 Å². The fraction of sp³-hybridized carbons (Fsp3) is 0.429. The van der Waals surface area contributed by atoms with E-state index < -0.39 is 0 Å². The predicted molar refractivity (Wildman–Crippen MR) is 73.1 cm³/mol. The van der Waals surface area contributed by atoms with Crippen LogP contribution in [0, 0.1) is 24.2 Å². The second-order valence-corrected chi connectivity index (χ2v) is 5.54. The Balaban J connectivity index is 2.15. The minimum Gasteiger partial charge on any atom is -0.337 e. The molecule has 1 fully saturated rings. The van der Waals surface area contributed by atoms with Crippen molar-refractivity contribution in [2.45, 2.75) is 19.8 Å². The molecular formula is C14H15BrN2O. The number of benzene rings is 1. The van der Waals surface area contributed by atoms with Gasteiger partial charge in [0.25, 0.3) is 5.91 Å². The van der Waals surface area contributed by atoms with Crippen molar-refractivity contribution < 1.29 is 4.79 Å². The third-order valence-corrected chi connectivity index (χ3v) is 4.16. The van der Waals surface area contributed by atoms with Crippen molar-refractivity contribution in [3.8, 4) is 6.07 Å². The molecule has 0 aromatic heterocycles. The number of carbonyl (C=O) groups is 1. The number of nitrogens with zero attached hydrogens (tertiary/aromatic N) is 2. The van der Waals surface area contributed by atoms with E-state index in [9.17, 15) is 4.79 Å². The van der Waals surface area contributed by atoms with Gasteiger partial charge < -0.3 is 4.90 Å². The summed E-state index contributed by atoms with van der Waals surface area (Å²) in [5, 5.41) is 8.95. The Labute approximate surface area is 116 Å². The second-order valence-electron chi connectivity index (χ2n) is 4.68. The van der Waals surface area contributed by atoms with Crippen LogP contribution < -0.4 is 0 Å². The van der Waals surface area contributed by atoms with Crippen molar-refractivity contribution in [3.05, 3.63) is 33.8 Å². The number of likely N-dealkylation sites (tertiary alicyclic amines) is 1. The molecule has 0 aliphatic carbocycles. The lowest BCUT2D eigenvalue weighted by molar-refractivity contribution is 0.0698. The van der Waals surface area contributed by atoms with Crippen molar-refractivity contribution in [1.29, 1.82) is 5.26 Å². The van der Waals surface area contributed by atoms with Gasteiger partial charge >= 0.3 is 0 Å². The minimum absolute atomic E-state index is 0.0170. The lowest BCUT2D eigenvalue weighted by atomic mass is 9.99. The highest BCUT2D eigenvalue weighted by Crippen LogP contribution is 2.21. The van der Waals surface area contributed by atoms with E-state index in [0.29, 0.717) is 12.1 Å². The standard InChI is InChI=1S/C14H15BrN2O/c1-10-4-5-12(7-13(10)15)14(18)17-6-2-3-11(8-16)9-17/h4-5,7,11H,2-3,6,9H2,1H3. The molecule has 1 saturated heterocycles. The molecular weight excluding hydrogens is 292 g/mol. The normalized spacial score (nSPS) is 19.4. The van der Waals surface area contributed by atoms with Crippen LogP contribution in [0.3, 0.4) is 0 Å². The molecule has 1 unspecified atom stereocenters. The third kappa shape index (κ3) is 2.73. The zero-order valence-electron chi connectivity index (χ0n) is 10.3. The summed E-state index contributed by atoms with van der Waals surface area (Å²) in [5.74, 6) is 0.00670. The van der Waals surface area contributed by atoms with Crippen LogP contribution in [-0.4, -0.2) is 23.9 Å². The van der Waals surface area contributed by atoms with E-state index in [0.717, 1.165) is 29.4 Å². The van der Waals surface area contributed by atoms with E-state index in [2.05, 4.69) is 22.0 Å². The van der Waals surface area contributed by atoms with Crippen molar-refractivity contribution >= 4 is 21.8 Å². The zero-order valence-corrected chi connectivity index (χ0v) is 11.9. The van der Waals surface area contributed by atoms with Crippen molar-refractivity contribution in [3.63, 3.8) is 0 Å². The van der Waals surface area contributed by atoms with Crippen LogP contribution in [0.25, 0.3) is 0 Å². The molecule has 1 atom stereocenters. The number of halogens is 1. The number of piperidine rings is 1. The summed E-state index contributed by atoms with van der Waals surface area (Å²) in [6.45, 7) is 3.30. The number of hydrogen-bond acceptors (Lipinski definition) is 2. The maximum atomic E-state index is 12.3. The smallest absolute Gasteiger partial charge is 0.253 e. The Bertz CT molecular complexity index is 507. The first-order valence-electron chi connectivity index (χ1n) is 6.07. The molecule has 4 heteroatoms. The first kappa shape index (κ1) is 13.1. The largest absolute Gasteiger partial charge is 0.337 e. The molecule has 1 aromatic rings. The average molecular weight is 307 g/mol. The summed E-state index contributed by atoms with van der Waals surface area (Å²) in [5.41, 5.74) is 1.80. The molecule has 94 valence electrons. The van der Waals surface area contributed by atoms with E-state index in [1.54, 1.807) is 4.90 Å². The van der Waals surface area contributed by atoms with E-state index >= 15 is 0 Å². The first-order chi connectivity index (χ1) is 8.61. The van der Waals surface area contributed by atoms with Crippen LogP contribution in [0.5, 0.6) is 0 Å². The van der Waals surface area contributed by atoms with Gasteiger partial charge in [-0.2, -0.15) is 5.26 Å². The van der Waals surface area contributed by atoms with E-state index in [1.165, 1.54) is 0 Å². The molecule has 1 aliphatic rings. The highest BCUT2D eigenvalue weighted by molar-refractivity contribution is 9.10. The molecule has 1 amide bonds. The highest BCUT2D eigenvalue weighted by atomic mass is 79.9. The summed E-state index contributed by atoms with van der Waals surface area (Å²) in [7, 11) is 0. The summed E-state index contributed by atoms with van der Waals surface area (Å²) >= 11 is 3.44.